The van der Waals surface area contributed by atoms with E-state index in [1.165, 1.54) is 37.3 Å². The Bertz CT molecular complexity index is 1230. The highest BCUT2D eigenvalue weighted by molar-refractivity contribution is 7.95. The molecule has 148 valence electrons. The summed E-state index contributed by atoms with van der Waals surface area (Å²) in [5.74, 6) is -0.266. The van der Waals surface area contributed by atoms with Crippen molar-refractivity contribution in [3.05, 3.63) is 65.2 Å². The van der Waals surface area contributed by atoms with Crippen LogP contribution in [-0.2, 0) is 21.2 Å². The first-order valence-electron chi connectivity index (χ1n) is 8.80. The summed E-state index contributed by atoms with van der Waals surface area (Å²) in [7, 11) is -4.04. The lowest BCUT2D eigenvalue weighted by molar-refractivity contribution is -0.114. The monoisotopic (exact) mass is 409 g/mol. The number of anilines is 1. The van der Waals surface area contributed by atoms with Crippen molar-refractivity contribution in [2.75, 3.05) is 11.9 Å². The minimum Gasteiger partial charge on any atom is -0.395 e. The molecule has 0 atom stereocenters. The number of hydrogen-bond acceptors (Lipinski definition) is 5. The second-order valence-corrected chi connectivity index (χ2v) is 8.27. The smallest absolute Gasteiger partial charge is 0.221 e. The summed E-state index contributed by atoms with van der Waals surface area (Å²) in [6.07, 6.45) is 3.06. The van der Waals surface area contributed by atoms with E-state index in [0.29, 0.717) is 17.8 Å². The standard InChI is InChI=1S/C21H19N3O4S/c1-15(26)23-17-6-8-18(9-7-17)29(27,28)19(13-22)12-16-14-24(10-11-25)21-5-3-2-4-20(16)21/h2-9,12,14,25H,10-11H2,1H3,(H,23,26)/b19-12+. The average Bonchev–Trinajstić information content (AvgIpc) is 3.04. The number of allylic oxidation sites excluding steroid dienone is 1. The Balaban J connectivity index is 2.05. The molecule has 0 saturated heterocycles. The van der Waals surface area contributed by atoms with E-state index >= 15 is 0 Å². The topological polar surface area (TPSA) is 112 Å². The van der Waals surface area contributed by atoms with Gasteiger partial charge in [-0.25, -0.2) is 8.42 Å². The number of carbonyl (C=O) groups is 1. The number of nitriles is 1. The molecular weight excluding hydrogens is 390 g/mol. The number of sulfone groups is 1. The van der Waals surface area contributed by atoms with Crippen LogP contribution in [0.1, 0.15) is 12.5 Å². The fourth-order valence-corrected chi connectivity index (χ4v) is 4.19. The summed E-state index contributed by atoms with van der Waals surface area (Å²) < 4.78 is 27.7. The van der Waals surface area contributed by atoms with Gasteiger partial charge in [0.15, 0.2) is 0 Å². The second-order valence-electron chi connectivity index (χ2n) is 6.35. The number of carbonyl (C=O) groups excluding carboxylic acids is 1. The van der Waals surface area contributed by atoms with Gasteiger partial charge in [-0.3, -0.25) is 4.79 Å². The number of rotatable bonds is 6. The molecule has 29 heavy (non-hydrogen) atoms. The highest BCUT2D eigenvalue weighted by Crippen LogP contribution is 2.27. The summed E-state index contributed by atoms with van der Waals surface area (Å²) in [6, 6.07) is 14.8. The van der Waals surface area contributed by atoms with Crippen LogP contribution in [0.2, 0.25) is 0 Å². The number of fused-ring (bicyclic) bond motifs is 1. The van der Waals surface area contributed by atoms with Crippen LogP contribution in [0.25, 0.3) is 17.0 Å². The quantitative estimate of drug-likeness (QED) is 0.608. The molecule has 0 aliphatic rings. The summed E-state index contributed by atoms with van der Waals surface area (Å²) in [5.41, 5.74) is 1.87. The fourth-order valence-electron chi connectivity index (χ4n) is 3.04. The van der Waals surface area contributed by atoms with Crippen LogP contribution in [0.15, 0.2) is 64.5 Å². The Hall–Kier alpha value is -3.41. The van der Waals surface area contributed by atoms with E-state index in [1.807, 2.05) is 28.8 Å². The van der Waals surface area contributed by atoms with Crippen molar-refractivity contribution in [3.63, 3.8) is 0 Å². The number of aliphatic hydroxyl groups is 1. The molecule has 2 N–H and O–H groups in total. The number of nitrogens with one attached hydrogen (secondary N) is 1. The first-order valence-corrected chi connectivity index (χ1v) is 10.3. The molecule has 7 nitrogen and oxygen atoms in total. The molecule has 8 heteroatoms. The van der Waals surface area contributed by atoms with Gasteiger partial charge in [-0.05, 0) is 36.4 Å². The largest absolute Gasteiger partial charge is 0.395 e. The van der Waals surface area contributed by atoms with Gasteiger partial charge < -0.3 is 15.0 Å². The summed E-state index contributed by atoms with van der Waals surface area (Å²) >= 11 is 0. The SMILES string of the molecule is CC(=O)Nc1ccc(S(=O)(=O)/C(C#N)=C/c2cn(CCO)c3ccccc23)cc1. The molecule has 0 spiro atoms. The van der Waals surface area contributed by atoms with Crippen molar-refractivity contribution in [1.29, 1.82) is 5.26 Å². The van der Waals surface area contributed by atoms with E-state index in [2.05, 4.69) is 5.32 Å². The Morgan fingerprint density at radius 2 is 1.90 bits per heavy atom. The van der Waals surface area contributed by atoms with Crippen LogP contribution in [-0.4, -0.2) is 30.6 Å². The van der Waals surface area contributed by atoms with Crippen molar-refractivity contribution in [2.45, 2.75) is 18.4 Å². The number of para-hydroxylation sites is 1. The maximum absolute atomic E-state index is 12.9. The van der Waals surface area contributed by atoms with Crippen molar-refractivity contribution in [3.8, 4) is 6.07 Å². The van der Waals surface area contributed by atoms with Gasteiger partial charge in [0.1, 0.15) is 11.0 Å². The summed E-state index contributed by atoms with van der Waals surface area (Å²) in [4.78, 5) is 10.7. The van der Waals surface area contributed by atoms with Gasteiger partial charge in [0, 0.05) is 41.8 Å². The Labute approximate surface area is 168 Å². The third kappa shape index (κ3) is 4.21. The zero-order valence-corrected chi connectivity index (χ0v) is 16.5. The van der Waals surface area contributed by atoms with Gasteiger partial charge in [0.2, 0.25) is 15.7 Å². The normalized spacial score (nSPS) is 12.0. The Morgan fingerprint density at radius 1 is 1.21 bits per heavy atom. The van der Waals surface area contributed by atoms with E-state index in [0.717, 1.165) is 10.9 Å². The molecule has 3 aromatic rings. The van der Waals surface area contributed by atoms with E-state index in [1.54, 1.807) is 12.3 Å². The molecule has 3 rings (SSSR count). The maximum atomic E-state index is 12.9. The average molecular weight is 409 g/mol. The molecule has 2 aromatic carbocycles. The zero-order chi connectivity index (χ0) is 21.0. The Morgan fingerprint density at radius 3 is 2.52 bits per heavy atom. The number of nitrogens with zero attached hydrogens (tertiary/aromatic N) is 2. The van der Waals surface area contributed by atoms with E-state index in [-0.39, 0.29) is 17.4 Å². The molecule has 1 aromatic heterocycles. The van der Waals surface area contributed by atoms with Crippen LogP contribution in [0.3, 0.4) is 0 Å². The van der Waals surface area contributed by atoms with Gasteiger partial charge in [0.25, 0.3) is 0 Å². The number of aliphatic hydroxyl groups excluding tert-OH is 1. The number of aromatic nitrogens is 1. The summed E-state index contributed by atoms with van der Waals surface area (Å²) in [6.45, 7) is 1.65. The van der Waals surface area contributed by atoms with E-state index in [4.69, 9.17) is 0 Å². The van der Waals surface area contributed by atoms with Gasteiger partial charge in [-0.2, -0.15) is 5.26 Å². The molecule has 0 fully saturated rings. The zero-order valence-electron chi connectivity index (χ0n) is 15.7. The van der Waals surface area contributed by atoms with Crippen molar-refractivity contribution >= 4 is 38.4 Å². The first kappa shape index (κ1) is 20.3. The van der Waals surface area contributed by atoms with Gasteiger partial charge >= 0.3 is 0 Å². The molecule has 1 amide bonds. The molecule has 0 bridgehead atoms. The lowest BCUT2D eigenvalue weighted by Crippen LogP contribution is -2.07. The predicted molar refractivity (Wildman–Crippen MR) is 111 cm³/mol. The van der Waals surface area contributed by atoms with Gasteiger partial charge in [0.05, 0.1) is 11.5 Å². The molecule has 0 aliphatic heterocycles. The molecule has 0 unspecified atom stereocenters. The first-order chi connectivity index (χ1) is 13.9. The van der Waals surface area contributed by atoms with Crippen LogP contribution in [0.5, 0.6) is 0 Å². The Kier molecular flexibility index (Phi) is 5.82. The van der Waals surface area contributed by atoms with Gasteiger partial charge in [-0.1, -0.05) is 18.2 Å². The summed E-state index contributed by atoms with van der Waals surface area (Å²) in [5, 5.41) is 22.1. The minimum atomic E-state index is -4.04. The third-order valence-corrected chi connectivity index (χ3v) is 6.01. The van der Waals surface area contributed by atoms with Crippen molar-refractivity contribution in [2.24, 2.45) is 0 Å². The van der Waals surface area contributed by atoms with Crippen LogP contribution < -0.4 is 5.32 Å². The van der Waals surface area contributed by atoms with Crippen LogP contribution in [0.4, 0.5) is 5.69 Å². The lowest BCUT2D eigenvalue weighted by atomic mass is 10.1. The van der Waals surface area contributed by atoms with Gasteiger partial charge in [-0.15, -0.1) is 0 Å². The molecular formula is C21H19N3O4S. The van der Waals surface area contributed by atoms with Crippen molar-refractivity contribution < 1.29 is 18.3 Å². The lowest BCUT2D eigenvalue weighted by Gasteiger charge is -2.05. The predicted octanol–water partition coefficient (Wildman–Crippen LogP) is 2.93. The molecule has 0 aliphatic carbocycles. The highest BCUT2D eigenvalue weighted by Gasteiger charge is 2.21. The highest BCUT2D eigenvalue weighted by atomic mass is 32.2. The van der Waals surface area contributed by atoms with Crippen molar-refractivity contribution in [1.82, 2.24) is 4.57 Å². The molecule has 1 heterocycles. The number of hydrogen-bond donors (Lipinski definition) is 2. The maximum Gasteiger partial charge on any atom is 0.221 e. The van der Waals surface area contributed by atoms with Crippen LogP contribution in [0, 0.1) is 11.3 Å². The van der Waals surface area contributed by atoms with Crippen LogP contribution >= 0.6 is 0 Å². The number of amides is 1. The molecule has 0 radical (unpaired) electrons. The second kappa shape index (κ2) is 8.31. The third-order valence-electron chi connectivity index (χ3n) is 4.33. The number of benzene rings is 2. The van der Waals surface area contributed by atoms with E-state index < -0.39 is 14.7 Å². The molecule has 0 saturated carbocycles. The minimum absolute atomic E-state index is 0.0431. The van der Waals surface area contributed by atoms with E-state index in [9.17, 15) is 23.6 Å². The fraction of sp³-hybridized carbons (Fsp3) is 0.143.